The first-order valence-electron chi connectivity index (χ1n) is 8.14. The molecule has 6 heteroatoms. The average molecular weight is 406 g/mol. The Labute approximate surface area is 155 Å². The molecule has 25 heavy (non-hydrogen) atoms. The molecule has 2 aromatic rings. The molecular weight excluding hydrogens is 386 g/mol. The summed E-state index contributed by atoms with van der Waals surface area (Å²) in [6.07, 6.45) is 2.36. The third-order valence-corrected chi connectivity index (χ3v) is 5.03. The van der Waals surface area contributed by atoms with Gasteiger partial charge in [0.1, 0.15) is 5.75 Å². The van der Waals surface area contributed by atoms with Crippen LogP contribution in [0.15, 0.2) is 28.7 Å². The largest absolute Gasteiger partial charge is 0.484 e. The predicted octanol–water partition coefficient (Wildman–Crippen LogP) is 4.25. The number of ketones is 1. The average Bonchev–Trinajstić information content (AvgIpc) is 3.37. The fourth-order valence-electron chi connectivity index (χ4n) is 3.04. The van der Waals surface area contributed by atoms with Gasteiger partial charge in [-0.3, -0.25) is 4.79 Å². The van der Waals surface area contributed by atoms with Gasteiger partial charge < -0.3 is 14.0 Å². The molecule has 1 aromatic heterocycles. The number of carbonyl (C=O) groups excluding carboxylic acids is 2. The van der Waals surface area contributed by atoms with Crippen molar-refractivity contribution in [1.82, 2.24) is 4.57 Å². The Morgan fingerprint density at radius 3 is 2.56 bits per heavy atom. The van der Waals surface area contributed by atoms with E-state index in [1.165, 1.54) is 20.0 Å². The van der Waals surface area contributed by atoms with Gasteiger partial charge in [-0.2, -0.15) is 0 Å². The first-order chi connectivity index (χ1) is 11.9. The molecule has 3 rings (SSSR count). The minimum atomic E-state index is -0.421. The van der Waals surface area contributed by atoms with Crippen molar-refractivity contribution in [3.8, 4) is 5.75 Å². The van der Waals surface area contributed by atoms with Gasteiger partial charge in [0, 0.05) is 23.0 Å². The number of nitrogens with zero attached hydrogens (tertiary/aromatic N) is 1. The summed E-state index contributed by atoms with van der Waals surface area (Å²) in [4.78, 5) is 24.1. The van der Waals surface area contributed by atoms with Gasteiger partial charge in [0.25, 0.3) is 0 Å². The van der Waals surface area contributed by atoms with Gasteiger partial charge in [0.2, 0.25) is 5.78 Å². The minimum absolute atomic E-state index is 0.0505. The molecule has 0 radical (unpaired) electrons. The Balaban J connectivity index is 1.70. The lowest BCUT2D eigenvalue weighted by Crippen LogP contribution is -2.13. The Kier molecular flexibility index (Phi) is 4.99. The molecule has 0 bridgehead atoms. The zero-order chi connectivity index (χ0) is 18.1. The molecule has 0 atom stereocenters. The lowest BCUT2D eigenvalue weighted by atomic mass is 10.1. The van der Waals surface area contributed by atoms with Crippen LogP contribution < -0.4 is 4.74 Å². The Hall–Kier alpha value is -2.08. The number of esters is 1. The van der Waals surface area contributed by atoms with E-state index < -0.39 is 5.97 Å². The third kappa shape index (κ3) is 3.63. The van der Waals surface area contributed by atoms with Crippen LogP contribution in [0.3, 0.4) is 0 Å². The normalized spacial score (nSPS) is 13.6. The maximum atomic E-state index is 12.6. The van der Waals surface area contributed by atoms with Crippen molar-refractivity contribution < 1.29 is 19.1 Å². The van der Waals surface area contributed by atoms with Crippen molar-refractivity contribution in [2.75, 3.05) is 13.7 Å². The molecule has 5 nitrogen and oxygen atoms in total. The number of aryl methyl sites for hydroxylation is 1. The summed E-state index contributed by atoms with van der Waals surface area (Å²) in [5, 5.41) is 0. The van der Waals surface area contributed by atoms with E-state index in [9.17, 15) is 9.59 Å². The number of benzene rings is 1. The lowest BCUT2D eigenvalue weighted by molar-refractivity contribution is 0.0600. The topological polar surface area (TPSA) is 57.5 Å². The van der Waals surface area contributed by atoms with Gasteiger partial charge in [-0.05, 0) is 66.9 Å². The summed E-state index contributed by atoms with van der Waals surface area (Å²) < 4.78 is 13.2. The number of ether oxygens (including phenoxy) is 2. The van der Waals surface area contributed by atoms with Crippen LogP contribution in [-0.2, 0) is 4.74 Å². The maximum absolute atomic E-state index is 12.6. The number of hydrogen-bond acceptors (Lipinski definition) is 4. The monoisotopic (exact) mass is 405 g/mol. The number of Topliss-reactive ketones (excluding diaryl/α,β-unsaturated/α-hetero) is 1. The second-order valence-corrected chi connectivity index (χ2v) is 7.09. The van der Waals surface area contributed by atoms with Gasteiger partial charge in [-0.25, -0.2) is 4.79 Å². The molecule has 0 amide bonds. The zero-order valence-corrected chi connectivity index (χ0v) is 16.1. The summed E-state index contributed by atoms with van der Waals surface area (Å²) in [5.74, 6) is 0.0387. The third-order valence-electron chi connectivity index (χ3n) is 4.41. The minimum Gasteiger partial charge on any atom is -0.484 e. The van der Waals surface area contributed by atoms with Crippen molar-refractivity contribution in [2.24, 2.45) is 0 Å². The quantitative estimate of drug-likeness (QED) is 0.532. The van der Waals surface area contributed by atoms with Crippen molar-refractivity contribution in [1.29, 1.82) is 0 Å². The van der Waals surface area contributed by atoms with E-state index in [0.717, 1.165) is 11.4 Å². The van der Waals surface area contributed by atoms with Gasteiger partial charge in [-0.1, -0.05) is 0 Å². The van der Waals surface area contributed by atoms with Crippen molar-refractivity contribution in [2.45, 2.75) is 32.7 Å². The molecule has 1 saturated carbocycles. The molecule has 0 N–H and O–H groups in total. The van der Waals surface area contributed by atoms with E-state index in [0.29, 0.717) is 27.4 Å². The van der Waals surface area contributed by atoms with E-state index >= 15 is 0 Å². The molecule has 0 spiro atoms. The Morgan fingerprint density at radius 2 is 1.96 bits per heavy atom. The summed E-state index contributed by atoms with van der Waals surface area (Å²) >= 11 is 3.36. The number of methoxy groups -OCH3 is 1. The number of halogens is 1. The molecule has 1 heterocycles. The molecule has 0 aliphatic heterocycles. The van der Waals surface area contributed by atoms with Crippen LogP contribution in [0, 0.1) is 13.8 Å². The Morgan fingerprint density at radius 1 is 1.24 bits per heavy atom. The van der Waals surface area contributed by atoms with Gasteiger partial charge in [0.15, 0.2) is 6.61 Å². The van der Waals surface area contributed by atoms with Gasteiger partial charge in [0.05, 0.1) is 17.1 Å². The fraction of sp³-hybridized carbons (Fsp3) is 0.368. The predicted molar refractivity (Wildman–Crippen MR) is 97.5 cm³/mol. The Bertz CT molecular complexity index is 836. The van der Waals surface area contributed by atoms with Crippen LogP contribution in [-0.4, -0.2) is 30.0 Å². The number of aromatic nitrogens is 1. The highest BCUT2D eigenvalue weighted by Gasteiger charge is 2.28. The molecule has 1 fully saturated rings. The van der Waals surface area contributed by atoms with E-state index in [4.69, 9.17) is 4.74 Å². The number of rotatable bonds is 6. The first kappa shape index (κ1) is 17.7. The lowest BCUT2D eigenvalue weighted by Gasteiger charge is -2.10. The van der Waals surface area contributed by atoms with Crippen LogP contribution in [0.25, 0.3) is 0 Å². The molecule has 1 aliphatic carbocycles. The first-order valence-corrected chi connectivity index (χ1v) is 8.94. The van der Waals surface area contributed by atoms with Crippen molar-refractivity contribution in [3.05, 3.63) is 51.3 Å². The van der Waals surface area contributed by atoms with Crippen LogP contribution in [0.4, 0.5) is 0 Å². The standard InChI is InChI=1S/C19H20BrNO4/c1-11-8-15(12(2)21(11)14-5-6-14)17(22)10-25-18-7-4-13(9-16(18)20)19(23)24-3/h4,7-9,14H,5-6,10H2,1-3H3. The van der Waals surface area contributed by atoms with Crippen LogP contribution >= 0.6 is 15.9 Å². The highest BCUT2D eigenvalue weighted by molar-refractivity contribution is 9.10. The summed E-state index contributed by atoms with van der Waals surface area (Å²) in [7, 11) is 1.33. The summed E-state index contributed by atoms with van der Waals surface area (Å²) in [5.41, 5.74) is 3.26. The highest BCUT2D eigenvalue weighted by atomic mass is 79.9. The SMILES string of the molecule is COC(=O)c1ccc(OCC(=O)c2cc(C)n(C3CC3)c2C)c(Br)c1. The highest BCUT2D eigenvalue weighted by Crippen LogP contribution is 2.38. The van der Waals surface area contributed by atoms with Crippen molar-refractivity contribution in [3.63, 3.8) is 0 Å². The number of hydrogen-bond donors (Lipinski definition) is 0. The molecule has 132 valence electrons. The smallest absolute Gasteiger partial charge is 0.337 e. The number of carbonyl (C=O) groups is 2. The molecular formula is C19H20BrNO4. The second kappa shape index (κ2) is 7.04. The second-order valence-electron chi connectivity index (χ2n) is 6.23. The van der Waals surface area contributed by atoms with Gasteiger partial charge in [-0.15, -0.1) is 0 Å². The molecule has 1 aromatic carbocycles. The van der Waals surface area contributed by atoms with E-state index in [1.807, 2.05) is 19.9 Å². The van der Waals surface area contributed by atoms with Crippen molar-refractivity contribution >= 4 is 27.7 Å². The summed E-state index contributed by atoms with van der Waals surface area (Å²) in [6.45, 7) is 3.97. The molecule has 1 aliphatic rings. The van der Waals surface area contributed by atoms with E-state index in [2.05, 4.69) is 25.2 Å². The fourth-order valence-corrected chi connectivity index (χ4v) is 3.53. The van der Waals surface area contributed by atoms with Gasteiger partial charge >= 0.3 is 5.97 Å². The maximum Gasteiger partial charge on any atom is 0.337 e. The molecule has 0 unspecified atom stereocenters. The van der Waals surface area contributed by atoms with Crippen LogP contribution in [0.5, 0.6) is 5.75 Å². The van der Waals surface area contributed by atoms with Crippen LogP contribution in [0.2, 0.25) is 0 Å². The van der Waals surface area contributed by atoms with Crippen LogP contribution in [0.1, 0.15) is 51.0 Å². The zero-order valence-electron chi connectivity index (χ0n) is 14.5. The molecule has 0 saturated heterocycles. The summed E-state index contributed by atoms with van der Waals surface area (Å²) in [6, 6.07) is 7.36. The van der Waals surface area contributed by atoms with E-state index in [1.54, 1.807) is 18.2 Å². The van der Waals surface area contributed by atoms with E-state index in [-0.39, 0.29) is 12.4 Å².